The number of nitrogens with zero attached hydrogens (tertiary/aromatic N) is 2. The third-order valence-corrected chi connectivity index (χ3v) is 3.60. The van der Waals surface area contributed by atoms with E-state index in [1.165, 1.54) is 11.1 Å². The quantitative estimate of drug-likeness (QED) is 0.859. The Labute approximate surface area is 119 Å². The van der Waals surface area contributed by atoms with Crippen molar-refractivity contribution in [1.82, 2.24) is 10.1 Å². The number of benzene rings is 1. The lowest BCUT2D eigenvalue weighted by molar-refractivity contribution is -0.129. The highest BCUT2D eigenvalue weighted by molar-refractivity contribution is 5.79. The average molecular weight is 272 g/mol. The van der Waals surface area contributed by atoms with Gasteiger partial charge in [0.25, 0.3) is 0 Å². The van der Waals surface area contributed by atoms with E-state index in [4.69, 9.17) is 4.52 Å². The van der Waals surface area contributed by atoms with Gasteiger partial charge in [0.2, 0.25) is 5.91 Å². The van der Waals surface area contributed by atoms with E-state index in [9.17, 15) is 4.79 Å². The van der Waals surface area contributed by atoms with Gasteiger partial charge >= 0.3 is 0 Å². The molecule has 0 spiro atoms. The minimum atomic E-state index is 0.0719. The molecule has 20 heavy (non-hydrogen) atoms. The molecule has 4 heteroatoms. The summed E-state index contributed by atoms with van der Waals surface area (Å²) in [5.41, 5.74) is 4.05. The smallest absolute Gasteiger partial charge is 0.227 e. The normalized spacial score (nSPS) is 10.6. The molecular weight excluding hydrogens is 252 g/mol. The molecular formula is C16H20N2O2. The summed E-state index contributed by atoms with van der Waals surface area (Å²) in [6.07, 6.45) is 0.337. The predicted octanol–water partition coefficient (Wildman–Crippen LogP) is 2.80. The van der Waals surface area contributed by atoms with Crippen LogP contribution in [0.25, 0.3) is 0 Å². The third-order valence-electron chi connectivity index (χ3n) is 3.60. The van der Waals surface area contributed by atoms with Crippen LogP contribution >= 0.6 is 0 Å². The lowest BCUT2D eigenvalue weighted by Crippen LogP contribution is -2.28. The molecule has 0 unspecified atom stereocenters. The highest BCUT2D eigenvalue weighted by Crippen LogP contribution is 2.15. The maximum Gasteiger partial charge on any atom is 0.227 e. The van der Waals surface area contributed by atoms with Crippen LogP contribution in [-0.2, 0) is 17.8 Å². The Kier molecular flexibility index (Phi) is 4.23. The highest BCUT2D eigenvalue weighted by atomic mass is 16.5. The molecule has 1 aromatic carbocycles. The molecule has 0 saturated heterocycles. The molecule has 106 valence electrons. The first-order chi connectivity index (χ1) is 9.49. The number of amides is 1. The molecule has 0 aliphatic rings. The van der Waals surface area contributed by atoms with Gasteiger partial charge in [-0.1, -0.05) is 29.4 Å². The van der Waals surface area contributed by atoms with E-state index in [-0.39, 0.29) is 5.91 Å². The van der Waals surface area contributed by atoms with E-state index >= 15 is 0 Å². The van der Waals surface area contributed by atoms with Crippen molar-refractivity contribution in [2.24, 2.45) is 0 Å². The molecule has 1 amide bonds. The molecule has 0 radical (unpaired) electrons. The monoisotopic (exact) mass is 272 g/mol. The summed E-state index contributed by atoms with van der Waals surface area (Å²) >= 11 is 0. The zero-order valence-electron chi connectivity index (χ0n) is 12.4. The molecule has 2 aromatic rings. The van der Waals surface area contributed by atoms with Crippen molar-refractivity contribution in [3.63, 3.8) is 0 Å². The third kappa shape index (κ3) is 3.07. The highest BCUT2D eigenvalue weighted by Gasteiger charge is 2.16. The minimum absolute atomic E-state index is 0.0719. The SMILES string of the molecule is Cc1ccccc1CN(C)C(=O)Cc1c(C)noc1C. The number of hydrogen-bond acceptors (Lipinski definition) is 3. The van der Waals surface area contributed by atoms with Gasteiger partial charge in [-0.3, -0.25) is 4.79 Å². The second kappa shape index (κ2) is 5.90. The maximum absolute atomic E-state index is 12.3. The number of aryl methyl sites for hydroxylation is 3. The van der Waals surface area contributed by atoms with Crippen molar-refractivity contribution < 1.29 is 9.32 Å². The first-order valence-electron chi connectivity index (χ1n) is 6.69. The van der Waals surface area contributed by atoms with E-state index in [0.717, 1.165) is 17.0 Å². The van der Waals surface area contributed by atoms with Crippen LogP contribution in [-0.4, -0.2) is 23.0 Å². The Hall–Kier alpha value is -2.10. The first kappa shape index (κ1) is 14.3. The standard InChI is InChI=1S/C16H20N2O2/c1-11-7-5-6-8-14(11)10-18(4)16(19)9-15-12(2)17-20-13(15)3/h5-8H,9-10H2,1-4H3. The molecule has 0 aliphatic heterocycles. The number of carbonyl (C=O) groups is 1. The molecule has 1 heterocycles. The molecule has 0 bridgehead atoms. The zero-order chi connectivity index (χ0) is 14.7. The molecule has 1 aromatic heterocycles. The van der Waals surface area contributed by atoms with Gasteiger partial charge in [-0.15, -0.1) is 0 Å². The Bertz CT molecular complexity index is 597. The molecule has 0 atom stereocenters. The van der Waals surface area contributed by atoms with Crippen molar-refractivity contribution in [3.05, 3.63) is 52.4 Å². The predicted molar refractivity (Wildman–Crippen MR) is 77.3 cm³/mol. The summed E-state index contributed by atoms with van der Waals surface area (Å²) in [6, 6.07) is 8.11. The van der Waals surface area contributed by atoms with Gasteiger partial charge in [0.05, 0.1) is 12.1 Å². The van der Waals surface area contributed by atoms with Gasteiger partial charge in [0.1, 0.15) is 5.76 Å². The van der Waals surface area contributed by atoms with Gasteiger partial charge in [-0.2, -0.15) is 0 Å². The summed E-state index contributed by atoms with van der Waals surface area (Å²) in [7, 11) is 1.83. The summed E-state index contributed by atoms with van der Waals surface area (Å²) in [5, 5.41) is 3.88. The summed E-state index contributed by atoms with van der Waals surface area (Å²) < 4.78 is 5.09. The summed E-state index contributed by atoms with van der Waals surface area (Å²) in [6.45, 7) is 6.38. The van der Waals surface area contributed by atoms with Crippen molar-refractivity contribution in [3.8, 4) is 0 Å². The van der Waals surface area contributed by atoms with Gasteiger partial charge in [-0.05, 0) is 31.9 Å². The minimum Gasteiger partial charge on any atom is -0.361 e. The van der Waals surface area contributed by atoms with Crippen LogP contribution in [0.5, 0.6) is 0 Å². The lowest BCUT2D eigenvalue weighted by atomic mass is 10.1. The second-order valence-corrected chi connectivity index (χ2v) is 5.16. The van der Waals surface area contributed by atoms with Crippen molar-refractivity contribution >= 4 is 5.91 Å². The van der Waals surface area contributed by atoms with Crippen LogP contribution in [0.3, 0.4) is 0 Å². The fourth-order valence-electron chi connectivity index (χ4n) is 2.17. The van der Waals surface area contributed by atoms with Gasteiger partial charge < -0.3 is 9.42 Å². The fraction of sp³-hybridized carbons (Fsp3) is 0.375. The molecule has 4 nitrogen and oxygen atoms in total. The van der Waals surface area contributed by atoms with Crippen LogP contribution in [0.4, 0.5) is 0 Å². The lowest BCUT2D eigenvalue weighted by Gasteiger charge is -2.18. The first-order valence-corrected chi connectivity index (χ1v) is 6.69. The molecule has 0 N–H and O–H groups in total. The van der Waals surface area contributed by atoms with E-state index in [1.807, 2.05) is 33.0 Å². The number of likely N-dealkylation sites (N-methyl/N-ethyl adjacent to an activating group) is 1. The van der Waals surface area contributed by atoms with E-state index in [1.54, 1.807) is 4.90 Å². The average Bonchev–Trinajstić information content (AvgIpc) is 2.73. The fourth-order valence-corrected chi connectivity index (χ4v) is 2.17. The molecule has 0 saturated carbocycles. The number of hydrogen-bond donors (Lipinski definition) is 0. The Morgan fingerprint density at radius 3 is 2.55 bits per heavy atom. The van der Waals surface area contributed by atoms with Crippen LogP contribution in [0, 0.1) is 20.8 Å². The van der Waals surface area contributed by atoms with Gasteiger partial charge in [0.15, 0.2) is 0 Å². The van der Waals surface area contributed by atoms with E-state index < -0.39 is 0 Å². The summed E-state index contributed by atoms with van der Waals surface area (Å²) in [4.78, 5) is 14.0. The number of rotatable bonds is 4. The van der Waals surface area contributed by atoms with Crippen LogP contribution in [0.2, 0.25) is 0 Å². The Balaban J connectivity index is 2.05. The second-order valence-electron chi connectivity index (χ2n) is 5.16. The Morgan fingerprint density at radius 2 is 1.95 bits per heavy atom. The van der Waals surface area contributed by atoms with Gasteiger partial charge in [-0.25, -0.2) is 0 Å². The van der Waals surface area contributed by atoms with Crippen LogP contribution in [0.1, 0.15) is 28.1 Å². The largest absolute Gasteiger partial charge is 0.361 e. The maximum atomic E-state index is 12.3. The van der Waals surface area contributed by atoms with Gasteiger partial charge in [0, 0.05) is 19.2 Å². The Morgan fingerprint density at radius 1 is 1.25 bits per heavy atom. The molecule has 2 rings (SSSR count). The zero-order valence-corrected chi connectivity index (χ0v) is 12.4. The molecule has 0 aliphatic carbocycles. The summed E-state index contributed by atoms with van der Waals surface area (Å²) in [5.74, 6) is 0.794. The molecule has 0 fully saturated rings. The number of aromatic nitrogens is 1. The van der Waals surface area contributed by atoms with Crippen LogP contribution < -0.4 is 0 Å². The van der Waals surface area contributed by atoms with Crippen molar-refractivity contribution in [2.45, 2.75) is 33.7 Å². The van der Waals surface area contributed by atoms with Crippen molar-refractivity contribution in [2.75, 3.05) is 7.05 Å². The van der Waals surface area contributed by atoms with E-state index in [2.05, 4.69) is 24.2 Å². The number of carbonyl (C=O) groups excluding carboxylic acids is 1. The van der Waals surface area contributed by atoms with Crippen LogP contribution in [0.15, 0.2) is 28.8 Å². The van der Waals surface area contributed by atoms with Crippen molar-refractivity contribution in [1.29, 1.82) is 0 Å². The van der Waals surface area contributed by atoms with E-state index in [0.29, 0.717) is 13.0 Å². The topological polar surface area (TPSA) is 46.3 Å².